The lowest BCUT2D eigenvalue weighted by Crippen LogP contribution is -2.70. The highest BCUT2D eigenvalue weighted by Crippen LogP contribution is 2.83. The number of aryl methyl sites for hydroxylation is 1. The van der Waals surface area contributed by atoms with Crippen LogP contribution in [0.25, 0.3) is 23.1 Å². The smallest absolute Gasteiger partial charge is 0.334 e. The molecule has 2 aromatic heterocycles. The zero-order valence-corrected chi connectivity index (χ0v) is 32.5. The second-order valence-corrected chi connectivity index (χ2v) is 17.9. The normalized spacial score (nSPS) is 36.1. The van der Waals surface area contributed by atoms with E-state index in [4.69, 9.17) is 23.7 Å². The fourth-order valence-corrected chi connectivity index (χ4v) is 11.8. The Kier molecular flexibility index (Phi) is 8.51. The van der Waals surface area contributed by atoms with Crippen molar-refractivity contribution in [3.63, 3.8) is 0 Å². The van der Waals surface area contributed by atoms with Gasteiger partial charge in [0.25, 0.3) is 0 Å². The number of fused-ring (bicyclic) bond motifs is 5. The molecule has 5 fully saturated rings. The highest BCUT2D eigenvalue weighted by Gasteiger charge is 3.01. The van der Waals surface area contributed by atoms with E-state index in [1.165, 1.54) is 48.6 Å². The van der Waals surface area contributed by atoms with Crippen molar-refractivity contribution >= 4 is 35.0 Å². The Labute approximate surface area is 323 Å². The van der Waals surface area contributed by atoms with Gasteiger partial charge in [-0.2, -0.15) is 0 Å². The van der Waals surface area contributed by atoms with E-state index in [2.05, 4.69) is 97.5 Å². The third kappa shape index (κ3) is 5.31. The highest BCUT2D eigenvalue weighted by molar-refractivity contribution is 5.92. The highest BCUT2D eigenvalue weighted by atomic mass is 16.8. The van der Waals surface area contributed by atoms with Crippen LogP contribution >= 0.6 is 0 Å². The zero-order valence-electron chi connectivity index (χ0n) is 32.5. The molecule has 290 valence electrons. The number of benzene rings is 1. The second-order valence-electron chi connectivity index (χ2n) is 17.9. The minimum atomic E-state index is -0.685. The molecule has 1 N–H and O–H groups in total. The van der Waals surface area contributed by atoms with E-state index in [0.717, 1.165) is 55.3 Å². The number of ether oxygens (including phenoxy) is 5. The number of hydrogen-bond donors (Lipinski definition) is 1. The van der Waals surface area contributed by atoms with Gasteiger partial charge in [0, 0.05) is 53.1 Å². The fourth-order valence-electron chi connectivity index (χ4n) is 11.8. The van der Waals surface area contributed by atoms with Crippen LogP contribution in [0.2, 0.25) is 0 Å². The maximum absolute atomic E-state index is 13.6. The number of carbonyl (C=O) groups is 2. The van der Waals surface area contributed by atoms with Crippen molar-refractivity contribution in [2.45, 2.75) is 146 Å². The molecule has 3 aliphatic carbocycles. The number of nitrogens with zero attached hydrogens (tertiary/aromatic N) is 1. The lowest BCUT2D eigenvalue weighted by Gasteiger charge is -2.53. The Bertz CT molecular complexity index is 2070. The van der Waals surface area contributed by atoms with Crippen LogP contribution in [0.3, 0.4) is 0 Å². The Morgan fingerprint density at radius 2 is 1.73 bits per heavy atom. The predicted octanol–water partition coefficient (Wildman–Crippen LogP) is 7.80. The maximum Gasteiger partial charge on any atom is 0.334 e. The first-order chi connectivity index (χ1) is 26.7. The molecule has 3 saturated heterocycles. The molecule has 9 nitrogen and oxygen atoms in total. The van der Waals surface area contributed by atoms with E-state index in [-0.39, 0.29) is 47.5 Å². The lowest BCUT2D eigenvalue weighted by atomic mass is 9.46. The van der Waals surface area contributed by atoms with Crippen molar-refractivity contribution in [2.75, 3.05) is 6.61 Å². The number of esters is 2. The van der Waals surface area contributed by atoms with Crippen molar-refractivity contribution < 1.29 is 37.8 Å². The van der Waals surface area contributed by atoms with Gasteiger partial charge in [-0.3, -0.25) is 4.79 Å². The lowest BCUT2D eigenvalue weighted by molar-refractivity contribution is -0.697. The van der Waals surface area contributed by atoms with Crippen molar-refractivity contribution in [2.24, 2.45) is 17.3 Å². The van der Waals surface area contributed by atoms with Gasteiger partial charge in [0.15, 0.2) is 24.1 Å². The largest absolute Gasteiger partial charge is 0.458 e. The summed E-state index contributed by atoms with van der Waals surface area (Å²) in [6, 6.07) is 12.8. The summed E-state index contributed by atoms with van der Waals surface area (Å²) >= 11 is 0. The quantitative estimate of drug-likeness (QED) is 0.0732. The van der Waals surface area contributed by atoms with Crippen molar-refractivity contribution in [3.05, 3.63) is 77.3 Å². The van der Waals surface area contributed by atoms with Crippen LogP contribution in [0.15, 0.2) is 66.1 Å². The van der Waals surface area contributed by atoms with Gasteiger partial charge < -0.3 is 28.7 Å². The van der Waals surface area contributed by atoms with E-state index in [1.807, 2.05) is 0 Å². The number of carbonyl (C=O) groups excluding carboxylic acids is 2. The van der Waals surface area contributed by atoms with Gasteiger partial charge in [0.1, 0.15) is 36.6 Å². The van der Waals surface area contributed by atoms with Crippen LogP contribution < -0.4 is 4.57 Å². The molecule has 9 heteroatoms. The van der Waals surface area contributed by atoms with Crippen molar-refractivity contribution in [1.82, 2.24) is 4.98 Å². The van der Waals surface area contributed by atoms with E-state index >= 15 is 0 Å². The minimum absolute atomic E-state index is 0.0710. The van der Waals surface area contributed by atoms with Crippen molar-refractivity contribution in [3.8, 4) is 0 Å². The molecular weight excluding hydrogens is 693 g/mol. The molecule has 0 radical (unpaired) electrons. The van der Waals surface area contributed by atoms with Crippen LogP contribution in [-0.4, -0.2) is 64.7 Å². The van der Waals surface area contributed by atoms with E-state index < -0.39 is 22.9 Å². The molecular formula is C46H55N2O7+. The predicted molar refractivity (Wildman–Crippen MR) is 206 cm³/mol. The summed E-state index contributed by atoms with van der Waals surface area (Å²) in [6.07, 6.45) is 21.9. The second kappa shape index (κ2) is 13.1. The Hall–Kier alpha value is -3.79. The summed E-state index contributed by atoms with van der Waals surface area (Å²) in [4.78, 5) is 29.4. The van der Waals surface area contributed by atoms with Gasteiger partial charge in [-0.05, 0) is 66.7 Å². The van der Waals surface area contributed by atoms with Crippen LogP contribution in [0, 0.1) is 17.3 Å². The van der Waals surface area contributed by atoms with Gasteiger partial charge >= 0.3 is 11.9 Å². The number of H-pyrrole nitrogens is 1. The molecule has 10 rings (SSSR count). The number of unbranched alkanes of at least 4 members (excludes halogenated alkanes) is 7. The first-order valence-electron chi connectivity index (χ1n) is 21.1. The SMILES string of the molecule is CC(C)[C@]12O[C@H]1[C@@H]1O[C@]13[C@]1(O[C@H]1C[C@H]1C4=C(CC[C@@]13C)C(=O)OC4)[C@@H]2OC(=O)CCCCCCCCCC[n+]1ccc(/C=C/c2c[nH]c3ccccc23)cc1. The summed E-state index contributed by atoms with van der Waals surface area (Å²) in [6.45, 7) is 8.06. The third-order valence-corrected chi connectivity index (χ3v) is 14.9. The molecule has 9 atom stereocenters. The fraction of sp³-hybridized carbons (Fsp3) is 0.587. The van der Waals surface area contributed by atoms with E-state index in [0.29, 0.717) is 19.4 Å². The van der Waals surface area contributed by atoms with E-state index in [1.54, 1.807) is 0 Å². The first-order valence-corrected chi connectivity index (χ1v) is 21.1. The molecule has 0 unspecified atom stereocenters. The monoisotopic (exact) mass is 747 g/mol. The summed E-state index contributed by atoms with van der Waals surface area (Å²) in [5.41, 5.74) is 3.52. The third-order valence-electron chi connectivity index (χ3n) is 14.9. The standard InChI is InChI=1S/C46H54N2O7/c1-29(2)44-39(54-44)40-46(55-40)43(3)22-19-33-34(28-51-41(33)50)35(43)26-37-45(46,53-37)42(44)52-38(49)16-10-8-6-4-5-7-9-13-23-48-24-20-30(21-25-48)17-18-31-27-47-36-15-12-11-14-32(31)36/h11-12,14-15,17-18,20-21,24-25,27,29,35,37,39-40,42H,4-10,13,16,19,22-23,26,28H2,1-3H3/p+1/t35-,37-,39-,40-,42+,43-,44-,45+,46+/m0/s1. The molecule has 0 amide bonds. The van der Waals surface area contributed by atoms with Gasteiger partial charge in [-0.25, -0.2) is 9.36 Å². The number of rotatable bonds is 15. The Morgan fingerprint density at radius 1 is 0.964 bits per heavy atom. The number of aromatic nitrogens is 2. The van der Waals surface area contributed by atoms with E-state index in [9.17, 15) is 9.59 Å². The maximum atomic E-state index is 13.6. The topological polar surface area (TPSA) is 110 Å². The average molecular weight is 748 g/mol. The summed E-state index contributed by atoms with van der Waals surface area (Å²) in [5, 5.41) is 1.24. The van der Waals surface area contributed by atoms with Gasteiger partial charge in [-0.15, -0.1) is 0 Å². The molecule has 3 aromatic rings. The number of epoxide rings is 3. The van der Waals surface area contributed by atoms with Gasteiger partial charge in [0.05, 0.1) is 6.10 Å². The summed E-state index contributed by atoms with van der Waals surface area (Å²) in [5.74, 6) is 0.0173. The number of cyclic esters (lactones) is 1. The summed E-state index contributed by atoms with van der Waals surface area (Å²) in [7, 11) is 0. The van der Waals surface area contributed by atoms with Crippen LogP contribution in [0.5, 0.6) is 0 Å². The molecule has 2 saturated carbocycles. The molecule has 4 aliphatic heterocycles. The van der Waals surface area contributed by atoms with Crippen LogP contribution in [0.4, 0.5) is 0 Å². The molecule has 6 heterocycles. The number of hydrogen-bond acceptors (Lipinski definition) is 7. The van der Waals surface area contributed by atoms with Gasteiger partial charge in [0.2, 0.25) is 0 Å². The molecule has 1 aromatic carbocycles. The molecule has 2 spiro atoms. The number of aromatic amines is 1. The van der Waals surface area contributed by atoms with Crippen LogP contribution in [0.1, 0.15) is 109 Å². The van der Waals surface area contributed by atoms with Gasteiger partial charge in [-0.1, -0.05) is 83.2 Å². The Morgan fingerprint density at radius 3 is 2.53 bits per heavy atom. The van der Waals surface area contributed by atoms with Crippen LogP contribution in [-0.2, 0) is 39.8 Å². The summed E-state index contributed by atoms with van der Waals surface area (Å²) < 4.78 is 34.5. The Balaban J connectivity index is 0.663. The first kappa shape index (κ1) is 35.6. The zero-order chi connectivity index (χ0) is 37.6. The minimum Gasteiger partial charge on any atom is -0.458 e. The molecule has 0 bridgehead atoms. The average Bonchev–Trinajstić information content (AvgIpc) is 4.13. The number of nitrogens with one attached hydrogen (secondary N) is 1. The molecule has 7 aliphatic rings. The van der Waals surface area contributed by atoms with Crippen molar-refractivity contribution in [1.29, 1.82) is 0 Å². The number of para-hydroxylation sites is 1. The molecule has 55 heavy (non-hydrogen) atoms. The number of pyridine rings is 1.